The molecule has 0 saturated carbocycles. The van der Waals surface area contributed by atoms with E-state index in [4.69, 9.17) is 9.84 Å². The molecule has 0 bridgehead atoms. The van der Waals surface area contributed by atoms with Crippen LogP contribution in [0.3, 0.4) is 0 Å². The first-order valence-electron chi connectivity index (χ1n) is 12.5. The number of carbonyl (C=O) groups excluding carboxylic acids is 2. The fraction of sp³-hybridized carbons (Fsp3) is 0.464. The molecule has 1 unspecified atom stereocenters. The maximum absolute atomic E-state index is 13.5. The first-order chi connectivity index (χ1) is 16.9. The molecule has 7 heteroatoms. The number of nitrogens with zero attached hydrogens (tertiary/aromatic N) is 1. The van der Waals surface area contributed by atoms with Gasteiger partial charge < -0.3 is 20.1 Å². The molecule has 7 nitrogen and oxygen atoms in total. The Hall–Kier alpha value is -3.35. The number of fused-ring (bicyclic) bond motifs is 3. The van der Waals surface area contributed by atoms with Crippen LogP contribution < -0.4 is 5.32 Å². The number of ether oxygens (including phenoxy) is 1. The van der Waals surface area contributed by atoms with E-state index < -0.39 is 17.6 Å². The van der Waals surface area contributed by atoms with Gasteiger partial charge in [-0.3, -0.25) is 9.59 Å². The number of nitrogens with one attached hydrogen (secondary N) is 1. The van der Waals surface area contributed by atoms with E-state index in [1.54, 1.807) is 4.90 Å². The molecule has 186 valence electrons. The van der Waals surface area contributed by atoms with Crippen LogP contribution in [0.15, 0.2) is 48.5 Å². The molecule has 2 N–H and O–H groups in total. The van der Waals surface area contributed by atoms with Gasteiger partial charge in [0, 0.05) is 25.4 Å². The lowest BCUT2D eigenvalue weighted by Crippen LogP contribution is -2.60. The fourth-order valence-electron chi connectivity index (χ4n) is 5.58. The molecule has 1 aliphatic carbocycles. The van der Waals surface area contributed by atoms with Gasteiger partial charge in [-0.1, -0.05) is 62.4 Å². The van der Waals surface area contributed by atoms with Crippen LogP contribution in [-0.2, 0) is 14.3 Å². The van der Waals surface area contributed by atoms with Crippen molar-refractivity contribution in [1.82, 2.24) is 10.2 Å². The third kappa shape index (κ3) is 5.04. The van der Waals surface area contributed by atoms with Crippen molar-refractivity contribution in [3.63, 3.8) is 0 Å². The fourth-order valence-corrected chi connectivity index (χ4v) is 5.58. The molecule has 1 atom stereocenters. The van der Waals surface area contributed by atoms with Crippen LogP contribution >= 0.6 is 0 Å². The van der Waals surface area contributed by atoms with Crippen molar-refractivity contribution >= 4 is 18.0 Å². The number of likely N-dealkylation sites (tertiary alicyclic amines) is 1. The summed E-state index contributed by atoms with van der Waals surface area (Å²) in [4.78, 5) is 39.4. The Balaban J connectivity index is 1.44. The van der Waals surface area contributed by atoms with Crippen molar-refractivity contribution in [3.05, 3.63) is 59.7 Å². The highest BCUT2D eigenvalue weighted by Gasteiger charge is 2.42. The second kappa shape index (κ2) is 10.5. The van der Waals surface area contributed by atoms with Crippen LogP contribution in [0.4, 0.5) is 4.79 Å². The molecule has 4 rings (SSSR count). The van der Waals surface area contributed by atoms with Crippen LogP contribution in [-0.4, -0.2) is 53.2 Å². The maximum atomic E-state index is 13.5. The largest absolute Gasteiger partial charge is 0.481 e. The van der Waals surface area contributed by atoms with E-state index in [1.807, 2.05) is 38.1 Å². The Bertz CT molecular complexity index is 1050. The number of amides is 2. The lowest BCUT2D eigenvalue weighted by Gasteiger charge is -2.40. The van der Waals surface area contributed by atoms with Gasteiger partial charge >= 0.3 is 12.1 Å². The number of piperidine rings is 1. The number of carboxylic acid groups (broad SMARTS) is 1. The zero-order chi connectivity index (χ0) is 25.0. The molecule has 0 spiro atoms. The van der Waals surface area contributed by atoms with Gasteiger partial charge in [-0.05, 0) is 53.9 Å². The number of benzene rings is 2. The molecule has 1 fully saturated rings. The Morgan fingerprint density at radius 1 is 1.03 bits per heavy atom. The average Bonchev–Trinajstić information content (AvgIpc) is 3.19. The van der Waals surface area contributed by atoms with Crippen molar-refractivity contribution in [2.45, 2.75) is 57.4 Å². The van der Waals surface area contributed by atoms with Crippen molar-refractivity contribution < 1.29 is 24.2 Å². The first kappa shape index (κ1) is 24.8. The van der Waals surface area contributed by atoms with Gasteiger partial charge in [-0.15, -0.1) is 0 Å². The van der Waals surface area contributed by atoms with Gasteiger partial charge in [0.2, 0.25) is 5.91 Å². The van der Waals surface area contributed by atoms with Crippen LogP contribution in [0.1, 0.15) is 63.0 Å². The van der Waals surface area contributed by atoms with E-state index in [0.29, 0.717) is 25.9 Å². The van der Waals surface area contributed by atoms with Crippen LogP contribution in [0.5, 0.6) is 0 Å². The molecule has 2 amide bonds. The maximum Gasteiger partial charge on any atom is 0.408 e. The van der Waals surface area contributed by atoms with Crippen LogP contribution in [0.25, 0.3) is 11.1 Å². The van der Waals surface area contributed by atoms with Gasteiger partial charge in [-0.25, -0.2) is 4.79 Å². The third-order valence-electron chi connectivity index (χ3n) is 7.57. The molecular formula is C28H34N2O5. The lowest BCUT2D eigenvalue weighted by molar-refractivity contribution is -0.143. The lowest BCUT2D eigenvalue weighted by atomic mass is 9.88. The van der Waals surface area contributed by atoms with Gasteiger partial charge in [0.15, 0.2) is 0 Å². The second-order valence-electron chi connectivity index (χ2n) is 9.60. The summed E-state index contributed by atoms with van der Waals surface area (Å²) < 4.78 is 5.71. The molecule has 2 aromatic carbocycles. The minimum absolute atomic E-state index is 0.0504. The average molecular weight is 479 g/mol. The zero-order valence-electron chi connectivity index (χ0n) is 20.5. The predicted octanol–water partition coefficient (Wildman–Crippen LogP) is 4.80. The number of carboxylic acids is 1. The summed E-state index contributed by atoms with van der Waals surface area (Å²) in [5, 5.41) is 12.0. The van der Waals surface area contributed by atoms with Crippen LogP contribution in [0.2, 0.25) is 0 Å². The monoisotopic (exact) mass is 478 g/mol. The highest BCUT2D eigenvalue weighted by molar-refractivity contribution is 5.90. The number of carbonyl (C=O) groups is 3. The molecule has 1 heterocycles. The summed E-state index contributed by atoms with van der Waals surface area (Å²) in [6.45, 7) is 4.91. The topological polar surface area (TPSA) is 95.9 Å². The minimum Gasteiger partial charge on any atom is -0.481 e. The van der Waals surface area contributed by atoms with Gasteiger partial charge in [0.25, 0.3) is 0 Å². The van der Waals surface area contributed by atoms with Gasteiger partial charge in [0.05, 0.1) is 0 Å². The standard InChI is InChI=1S/C28H34N2O5/c1-3-28(4-2,26(33)30-15-9-10-19(17-30)16-25(31)32)29-27(34)35-18-24-22-13-7-5-11-20(22)21-12-6-8-14-23(21)24/h5-8,11-14,19,24H,3-4,9-10,15-18H2,1-2H3,(H,29,34)(H,31,32). The Morgan fingerprint density at radius 3 is 2.20 bits per heavy atom. The number of rotatable bonds is 8. The van der Waals surface area contributed by atoms with E-state index in [2.05, 4.69) is 29.6 Å². The molecular weight excluding hydrogens is 444 g/mol. The molecule has 0 aromatic heterocycles. The van der Waals surface area contributed by atoms with Crippen molar-refractivity contribution in [2.24, 2.45) is 5.92 Å². The molecule has 2 aromatic rings. The summed E-state index contributed by atoms with van der Waals surface area (Å²) >= 11 is 0. The van der Waals surface area contributed by atoms with Crippen molar-refractivity contribution in [3.8, 4) is 11.1 Å². The van der Waals surface area contributed by atoms with E-state index in [-0.39, 0.29) is 30.8 Å². The predicted molar refractivity (Wildman–Crippen MR) is 133 cm³/mol. The first-order valence-corrected chi connectivity index (χ1v) is 12.5. The second-order valence-corrected chi connectivity index (χ2v) is 9.60. The molecule has 35 heavy (non-hydrogen) atoms. The third-order valence-corrected chi connectivity index (χ3v) is 7.57. The number of hydrogen-bond acceptors (Lipinski definition) is 4. The van der Waals surface area contributed by atoms with Crippen LogP contribution in [0, 0.1) is 5.92 Å². The minimum atomic E-state index is -1.08. The van der Waals surface area contributed by atoms with Gasteiger partial charge in [0.1, 0.15) is 12.1 Å². The summed E-state index contributed by atoms with van der Waals surface area (Å²) in [5.74, 6) is -1.13. The number of alkyl carbamates (subject to hydrolysis) is 1. The summed E-state index contributed by atoms with van der Waals surface area (Å²) in [6, 6.07) is 16.3. The van der Waals surface area contributed by atoms with E-state index in [1.165, 1.54) is 0 Å². The van der Waals surface area contributed by atoms with E-state index >= 15 is 0 Å². The molecule has 2 aliphatic rings. The highest BCUT2D eigenvalue weighted by atomic mass is 16.5. The Labute approximate surface area is 206 Å². The summed E-state index contributed by atoms with van der Waals surface area (Å²) in [6.07, 6.45) is 1.84. The van der Waals surface area contributed by atoms with Crippen molar-refractivity contribution in [1.29, 1.82) is 0 Å². The highest BCUT2D eigenvalue weighted by Crippen LogP contribution is 2.44. The molecule has 1 saturated heterocycles. The quantitative estimate of drug-likeness (QED) is 0.568. The van der Waals surface area contributed by atoms with E-state index in [0.717, 1.165) is 35.1 Å². The SMILES string of the molecule is CCC(CC)(NC(=O)OCC1c2ccccc2-c2ccccc21)C(=O)N1CCCC(CC(=O)O)C1. The summed E-state index contributed by atoms with van der Waals surface area (Å²) in [7, 11) is 0. The van der Waals surface area contributed by atoms with Gasteiger partial charge in [-0.2, -0.15) is 0 Å². The number of hydrogen-bond donors (Lipinski definition) is 2. The van der Waals surface area contributed by atoms with Crippen molar-refractivity contribution in [2.75, 3.05) is 19.7 Å². The molecule has 0 radical (unpaired) electrons. The Morgan fingerprint density at radius 2 is 1.63 bits per heavy atom. The zero-order valence-corrected chi connectivity index (χ0v) is 20.5. The molecule has 1 aliphatic heterocycles. The number of aliphatic carboxylic acids is 1. The Kier molecular flexibility index (Phi) is 7.43. The normalized spacial score (nSPS) is 17.4. The van der Waals surface area contributed by atoms with E-state index in [9.17, 15) is 14.4 Å². The summed E-state index contributed by atoms with van der Waals surface area (Å²) in [5.41, 5.74) is 3.50. The smallest absolute Gasteiger partial charge is 0.408 e.